The van der Waals surface area contributed by atoms with Crippen LogP contribution < -0.4 is 15.0 Å². The first-order chi connectivity index (χ1) is 15.7. The highest BCUT2D eigenvalue weighted by atomic mass is 79.9. The third-order valence-corrected chi connectivity index (χ3v) is 9.26. The molecule has 5 aliphatic rings. The van der Waals surface area contributed by atoms with Crippen molar-refractivity contribution >= 4 is 32.9 Å². The molecule has 6 heterocycles. The maximum atomic E-state index is 6.38. The minimum absolute atomic E-state index is 0.193. The highest BCUT2D eigenvalue weighted by molar-refractivity contribution is 9.10. The lowest BCUT2D eigenvalue weighted by atomic mass is 9.93. The zero-order chi connectivity index (χ0) is 21.3. The predicted octanol–water partition coefficient (Wildman–Crippen LogP) is 3.26. The molecule has 5 fully saturated rings. The minimum atomic E-state index is 0.193. The van der Waals surface area contributed by atoms with Crippen LogP contribution in [0.2, 0.25) is 0 Å². The fraction of sp³-hybridized carbons (Fsp3) is 0.783. The third-order valence-electron chi connectivity index (χ3n) is 8.70. The molecule has 1 aliphatic carbocycles. The first-order valence-corrected chi connectivity index (χ1v) is 13.3. The lowest BCUT2D eigenvalue weighted by Crippen LogP contribution is -2.51. The normalized spacial score (nSPS) is 29.6. The van der Waals surface area contributed by atoms with Gasteiger partial charge in [0.05, 0.1) is 5.54 Å². The Morgan fingerprint density at radius 2 is 1.72 bits per heavy atom. The molecule has 4 aliphatic heterocycles. The van der Waals surface area contributed by atoms with Crippen LogP contribution in [0, 0.1) is 0 Å². The zero-order valence-corrected chi connectivity index (χ0v) is 20.2. The van der Waals surface area contributed by atoms with Crippen LogP contribution in [0.3, 0.4) is 0 Å². The molecular weight excluding hydrogens is 470 g/mol. The summed E-state index contributed by atoms with van der Waals surface area (Å²) in [5, 5.41) is 3.75. The van der Waals surface area contributed by atoms with E-state index in [-0.39, 0.29) is 5.54 Å². The molecule has 1 saturated carbocycles. The molecule has 7 rings (SSSR count). The summed E-state index contributed by atoms with van der Waals surface area (Å²) in [5.74, 6) is 1.01. The monoisotopic (exact) mass is 501 g/mol. The molecule has 8 nitrogen and oxygen atoms in total. The molecule has 32 heavy (non-hydrogen) atoms. The maximum absolute atomic E-state index is 6.38. The molecule has 172 valence electrons. The second-order valence-electron chi connectivity index (χ2n) is 10.6. The van der Waals surface area contributed by atoms with E-state index in [1.165, 1.54) is 70.9 Å². The van der Waals surface area contributed by atoms with Gasteiger partial charge in [0.1, 0.15) is 12.1 Å². The number of aromatic nitrogens is 4. The van der Waals surface area contributed by atoms with Gasteiger partial charge in [-0.3, -0.25) is 4.90 Å². The zero-order valence-electron chi connectivity index (χ0n) is 18.6. The Balaban J connectivity index is 1.27. The van der Waals surface area contributed by atoms with E-state index in [9.17, 15) is 0 Å². The van der Waals surface area contributed by atoms with Crippen molar-refractivity contribution in [1.29, 1.82) is 0 Å². The number of rotatable bonds is 5. The fourth-order valence-corrected chi connectivity index (χ4v) is 7.47. The number of piperazine rings is 1. The summed E-state index contributed by atoms with van der Waals surface area (Å²) in [6, 6.07) is 2.09. The Kier molecular flexibility index (Phi) is 4.70. The van der Waals surface area contributed by atoms with Crippen molar-refractivity contribution in [2.45, 2.75) is 81.5 Å². The summed E-state index contributed by atoms with van der Waals surface area (Å²) in [6.45, 7) is 5.09. The SMILES string of the molecule is Brc1nc2nc(OCC34CCCN3CCC4)nc(N3CC4CCC(C3)N4)c2n1C1CCC1. The van der Waals surface area contributed by atoms with Crippen molar-refractivity contribution in [3.63, 3.8) is 0 Å². The standard InChI is InChI=1S/C23H32BrN7O/c24-21-26-19-18(31(21)17-4-1-5-17)20(29-12-15-6-7-16(13-29)25-15)28-22(27-19)32-14-23-8-2-10-30(23)11-3-9-23/h15-17,25H,1-14H2. The predicted molar refractivity (Wildman–Crippen MR) is 126 cm³/mol. The van der Waals surface area contributed by atoms with E-state index in [4.69, 9.17) is 19.7 Å². The van der Waals surface area contributed by atoms with Crippen LogP contribution in [0.1, 0.15) is 63.8 Å². The molecule has 1 N–H and O–H groups in total. The van der Waals surface area contributed by atoms with Gasteiger partial charge in [0.2, 0.25) is 0 Å². The summed E-state index contributed by atoms with van der Waals surface area (Å²) in [5.41, 5.74) is 2.04. The van der Waals surface area contributed by atoms with Crippen LogP contribution in [-0.4, -0.2) is 74.8 Å². The van der Waals surface area contributed by atoms with Gasteiger partial charge in [0.25, 0.3) is 0 Å². The van der Waals surface area contributed by atoms with Gasteiger partial charge in [-0.15, -0.1) is 0 Å². The van der Waals surface area contributed by atoms with Gasteiger partial charge in [-0.1, -0.05) is 0 Å². The van der Waals surface area contributed by atoms with Crippen molar-refractivity contribution in [3.05, 3.63) is 4.73 Å². The quantitative estimate of drug-likeness (QED) is 0.630. The van der Waals surface area contributed by atoms with Crippen molar-refractivity contribution in [2.24, 2.45) is 0 Å². The van der Waals surface area contributed by atoms with E-state index in [0.29, 0.717) is 30.7 Å². The Hall–Kier alpha value is -1.45. The number of anilines is 1. The van der Waals surface area contributed by atoms with E-state index in [1.54, 1.807) is 0 Å². The molecule has 2 unspecified atom stereocenters. The van der Waals surface area contributed by atoms with E-state index in [1.807, 2.05) is 0 Å². The smallest absolute Gasteiger partial charge is 0.320 e. The topological polar surface area (TPSA) is 71.3 Å². The lowest BCUT2D eigenvalue weighted by Gasteiger charge is -2.35. The Morgan fingerprint density at radius 3 is 2.41 bits per heavy atom. The van der Waals surface area contributed by atoms with Crippen LogP contribution in [0.4, 0.5) is 5.82 Å². The summed E-state index contributed by atoms with van der Waals surface area (Å²) in [6.07, 6.45) is 11.2. The van der Waals surface area contributed by atoms with Gasteiger partial charge in [0.15, 0.2) is 16.2 Å². The molecule has 2 bridgehead atoms. The number of halogens is 1. The van der Waals surface area contributed by atoms with Crippen molar-refractivity contribution in [3.8, 4) is 6.01 Å². The largest absolute Gasteiger partial charge is 0.461 e. The van der Waals surface area contributed by atoms with E-state index >= 15 is 0 Å². The van der Waals surface area contributed by atoms with E-state index in [2.05, 4.69) is 35.6 Å². The highest BCUT2D eigenvalue weighted by Gasteiger charge is 2.45. The van der Waals surface area contributed by atoms with Gasteiger partial charge < -0.3 is 19.5 Å². The fourth-order valence-electron chi connectivity index (χ4n) is 6.83. The summed E-state index contributed by atoms with van der Waals surface area (Å²) >= 11 is 3.74. The van der Waals surface area contributed by atoms with E-state index < -0.39 is 0 Å². The number of ether oxygens (including phenoxy) is 1. The van der Waals surface area contributed by atoms with Gasteiger partial charge in [0, 0.05) is 31.2 Å². The van der Waals surface area contributed by atoms with Gasteiger partial charge in [-0.2, -0.15) is 9.97 Å². The number of fused-ring (bicyclic) bond motifs is 4. The van der Waals surface area contributed by atoms with Crippen molar-refractivity contribution in [1.82, 2.24) is 29.7 Å². The van der Waals surface area contributed by atoms with Crippen LogP contribution >= 0.6 is 15.9 Å². The van der Waals surface area contributed by atoms with Gasteiger partial charge in [-0.25, -0.2) is 4.98 Å². The van der Waals surface area contributed by atoms with E-state index in [0.717, 1.165) is 34.8 Å². The molecule has 2 aromatic rings. The van der Waals surface area contributed by atoms with Crippen LogP contribution in [0.5, 0.6) is 6.01 Å². The Bertz CT molecular complexity index is 1020. The average Bonchev–Trinajstić information content (AvgIpc) is 3.48. The van der Waals surface area contributed by atoms with Crippen LogP contribution in [-0.2, 0) is 0 Å². The molecule has 2 aromatic heterocycles. The molecule has 9 heteroatoms. The van der Waals surface area contributed by atoms with Crippen LogP contribution in [0.15, 0.2) is 4.73 Å². The molecular formula is C23H32BrN7O. The second-order valence-corrected chi connectivity index (χ2v) is 11.3. The number of hydrogen-bond acceptors (Lipinski definition) is 7. The molecule has 4 saturated heterocycles. The Labute approximate surface area is 197 Å². The number of imidazole rings is 1. The molecule has 0 amide bonds. The average molecular weight is 502 g/mol. The van der Waals surface area contributed by atoms with Crippen molar-refractivity contribution in [2.75, 3.05) is 37.7 Å². The second kappa shape index (κ2) is 7.53. The number of nitrogens with zero attached hydrogens (tertiary/aromatic N) is 6. The molecule has 0 radical (unpaired) electrons. The summed E-state index contributed by atoms with van der Waals surface area (Å²) < 4.78 is 9.60. The first kappa shape index (κ1) is 20.0. The Morgan fingerprint density at radius 1 is 0.969 bits per heavy atom. The lowest BCUT2D eigenvalue weighted by molar-refractivity contribution is 0.108. The third kappa shape index (κ3) is 3.10. The molecule has 0 aromatic carbocycles. The maximum Gasteiger partial charge on any atom is 0.320 e. The number of hydrogen-bond donors (Lipinski definition) is 1. The van der Waals surface area contributed by atoms with Crippen LogP contribution in [0.25, 0.3) is 11.2 Å². The highest BCUT2D eigenvalue weighted by Crippen LogP contribution is 2.42. The number of nitrogens with one attached hydrogen (secondary N) is 1. The van der Waals surface area contributed by atoms with Gasteiger partial charge >= 0.3 is 6.01 Å². The summed E-state index contributed by atoms with van der Waals surface area (Å²) in [7, 11) is 0. The minimum Gasteiger partial charge on any atom is -0.461 e. The first-order valence-electron chi connectivity index (χ1n) is 12.5. The molecule has 0 spiro atoms. The summed E-state index contributed by atoms with van der Waals surface area (Å²) in [4.78, 5) is 19.8. The molecule has 2 atom stereocenters. The van der Waals surface area contributed by atoms with Gasteiger partial charge in [-0.05, 0) is 86.8 Å². The van der Waals surface area contributed by atoms with Crippen molar-refractivity contribution < 1.29 is 4.74 Å².